The van der Waals surface area contributed by atoms with Gasteiger partial charge in [0.15, 0.2) is 0 Å². The maximum Gasteiger partial charge on any atom is 0.463 e. The average Bonchev–Trinajstić information content (AvgIpc) is 3.07. The van der Waals surface area contributed by atoms with Gasteiger partial charge in [-0.25, -0.2) is 4.68 Å². The van der Waals surface area contributed by atoms with Gasteiger partial charge in [0.25, 0.3) is 0 Å². The van der Waals surface area contributed by atoms with E-state index in [-0.39, 0.29) is 5.88 Å². The predicted octanol–water partition coefficient (Wildman–Crippen LogP) is 3.86. The Hall–Kier alpha value is -3.22. The van der Waals surface area contributed by atoms with Crippen molar-refractivity contribution in [3.63, 3.8) is 0 Å². The topological polar surface area (TPSA) is 87.0 Å². The first kappa shape index (κ1) is 15.7. The van der Waals surface area contributed by atoms with Crippen LogP contribution in [0, 0.1) is 30.9 Å². The van der Waals surface area contributed by atoms with Crippen molar-refractivity contribution in [3.05, 3.63) is 68.7 Å². The monoisotopic (exact) mass is 324 g/mol. The van der Waals surface area contributed by atoms with Crippen LogP contribution >= 0.6 is 0 Å². The molecule has 1 aromatic carbocycles. The Bertz CT molecular complexity index is 923. The molecule has 0 fully saturated rings. The first-order valence-electron chi connectivity index (χ1n) is 7.39. The highest BCUT2D eigenvalue weighted by atomic mass is 16.7. The Kier molecular flexibility index (Phi) is 3.99. The Morgan fingerprint density at radius 1 is 1.08 bits per heavy atom. The van der Waals surface area contributed by atoms with Gasteiger partial charge in [0, 0.05) is 11.3 Å². The second-order valence-electron chi connectivity index (χ2n) is 5.41. The van der Waals surface area contributed by atoms with Crippen LogP contribution in [-0.4, -0.2) is 19.9 Å². The number of benzene rings is 1. The summed E-state index contributed by atoms with van der Waals surface area (Å²) in [5.74, 6) is -0.352. The molecule has 3 rings (SSSR count). The number of nitro groups is 1. The van der Waals surface area contributed by atoms with Gasteiger partial charge in [-0.15, -0.1) is 0 Å². The first-order chi connectivity index (χ1) is 11.5. The van der Waals surface area contributed by atoms with Crippen LogP contribution in [0.5, 0.6) is 0 Å². The first-order valence-corrected chi connectivity index (χ1v) is 7.39. The number of rotatable bonds is 4. The molecule has 24 heavy (non-hydrogen) atoms. The lowest BCUT2D eigenvalue weighted by atomic mass is 10.1. The molecular formula is C17H16N4O3. The molecule has 2 heterocycles. The molecule has 0 spiro atoms. The Labute approximate surface area is 138 Å². The Morgan fingerprint density at radius 3 is 2.42 bits per heavy atom. The van der Waals surface area contributed by atoms with Crippen LogP contribution in [0.3, 0.4) is 0 Å². The Balaban J connectivity index is 2.02. The van der Waals surface area contributed by atoms with Crippen molar-refractivity contribution in [1.82, 2.24) is 14.9 Å². The summed E-state index contributed by atoms with van der Waals surface area (Å²) >= 11 is 0. The lowest BCUT2D eigenvalue weighted by Gasteiger charge is -2.03. The zero-order chi connectivity index (χ0) is 17.3. The summed E-state index contributed by atoms with van der Waals surface area (Å²) in [6.45, 7) is 5.53. The SMILES string of the molecule is Cc1noc([N+](=O)[O-])c1/C=C\c1c(C)nn(-c2ccccc2)c1C. The van der Waals surface area contributed by atoms with Gasteiger partial charge in [-0.3, -0.25) is 14.6 Å². The quantitative estimate of drug-likeness (QED) is 0.537. The van der Waals surface area contributed by atoms with Gasteiger partial charge in [0.1, 0.15) is 10.5 Å². The third-order valence-corrected chi connectivity index (χ3v) is 3.82. The van der Waals surface area contributed by atoms with E-state index in [2.05, 4.69) is 10.3 Å². The van der Waals surface area contributed by atoms with Gasteiger partial charge in [-0.05, 0) is 39.0 Å². The molecule has 0 radical (unpaired) electrons. The minimum atomic E-state index is -0.577. The molecule has 0 aliphatic carbocycles. The van der Waals surface area contributed by atoms with E-state index < -0.39 is 4.92 Å². The van der Waals surface area contributed by atoms with Crippen molar-refractivity contribution in [2.24, 2.45) is 0 Å². The second kappa shape index (κ2) is 6.11. The maximum absolute atomic E-state index is 11.0. The lowest BCUT2D eigenvalue weighted by Crippen LogP contribution is -1.98. The molecule has 0 saturated carbocycles. The molecule has 0 unspecified atom stereocenters. The maximum atomic E-state index is 11.0. The summed E-state index contributed by atoms with van der Waals surface area (Å²) in [6.07, 6.45) is 3.46. The van der Waals surface area contributed by atoms with Gasteiger partial charge < -0.3 is 0 Å². The molecule has 122 valence electrons. The molecule has 7 heteroatoms. The fourth-order valence-electron chi connectivity index (χ4n) is 2.57. The van der Waals surface area contributed by atoms with E-state index in [1.807, 2.05) is 54.9 Å². The molecule has 0 atom stereocenters. The fraction of sp³-hybridized carbons (Fsp3) is 0.176. The van der Waals surface area contributed by atoms with Gasteiger partial charge in [0.05, 0.1) is 17.1 Å². The summed E-state index contributed by atoms with van der Waals surface area (Å²) in [5, 5.41) is 19.2. The van der Waals surface area contributed by atoms with E-state index in [1.54, 1.807) is 13.0 Å². The largest absolute Gasteiger partial charge is 0.463 e. The average molecular weight is 324 g/mol. The number of aromatic nitrogens is 3. The van der Waals surface area contributed by atoms with Crippen LogP contribution < -0.4 is 0 Å². The zero-order valence-corrected chi connectivity index (χ0v) is 13.6. The van der Waals surface area contributed by atoms with E-state index in [9.17, 15) is 10.1 Å². The van der Waals surface area contributed by atoms with Crippen LogP contribution in [-0.2, 0) is 0 Å². The highest BCUT2D eigenvalue weighted by Crippen LogP contribution is 2.26. The second-order valence-corrected chi connectivity index (χ2v) is 5.41. The third kappa shape index (κ3) is 2.71. The summed E-state index contributed by atoms with van der Waals surface area (Å²) in [6, 6.07) is 9.80. The van der Waals surface area contributed by atoms with E-state index in [4.69, 9.17) is 4.52 Å². The van der Waals surface area contributed by atoms with Crippen LogP contribution in [0.4, 0.5) is 5.88 Å². The highest BCUT2D eigenvalue weighted by Gasteiger charge is 2.21. The number of hydrogen-bond acceptors (Lipinski definition) is 5. The van der Waals surface area contributed by atoms with E-state index in [0.29, 0.717) is 11.3 Å². The van der Waals surface area contributed by atoms with Crippen molar-refractivity contribution in [3.8, 4) is 5.69 Å². The molecule has 0 aliphatic rings. The Morgan fingerprint density at radius 2 is 1.75 bits per heavy atom. The molecule has 3 aromatic rings. The summed E-state index contributed by atoms with van der Waals surface area (Å²) in [5.41, 5.74) is 4.50. The van der Waals surface area contributed by atoms with E-state index in [1.165, 1.54) is 0 Å². The van der Waals surface area contributed by atoms with Crippen molar-refractivity contribution in [1.29, 1.82) is 0 Å². The lowest BCUT2D eigenvalue weighted by molar-refractivity contribution is -0.404. The number of para-hydroxylation sites is 1. The standard InChI is InChI=1S/C17H16N4O3/c1-11-15(9-10-16-12(2)19-24-17(16)21(22)23)13(3)20(18-11)14-7-5-4-6-8-14/h4-10H,1-3H3/b10-9-. The molecule has 0 amide bonds. The van der Waals surface area contributed by atoms with Crippen LogP contribution in [0.15, 0.2) is 34.9 Å². The van der Waals surface area contributed by atoms with E-state index >= 15 is 0 Å². The molecule has 0 saturated heterocycles. The fourth-order valence-corrected chi connectivity index (χ4v) is 2.57. The minimum Gasteiger partial charge on any atom is -0.288 e. The van der Waals surface area contributed by atoms with Crippen molar-refractivity contribution in [2.45, 2.75) is 20.8 Å². The van der Waals surface area contributed by atoms with Gasteiger partial charge in [-0.1, -0.05) is 29.4 Å². The molecular weight excluding hydrogens is 308 g/mol. The zero-order valence-electron chi connectivity index (χ0n) is 13.6. The van der Waals surface area contributed by atoms with Gasteiger partial charge in [0.2, 0.25) is 0 Å². The minimum absolute atomic E-state index is 0.352. The molecule has 0 aliphatic heterocycles. The van der Waals surface area contributed by atoms with Crippen LogP contribution in [0.2, 0.25) is 0 Å². The van der Waals surface area contributed by atoms with Crippen molar-refractivity contribution < 1.29 is 9.45 Å². The number of nitrogens with zero attached hydrogens (tertiary/aromatic N) is 4. The number of hydrogen-bond donors (Lipinski definition) is 0. The smallest absolute Gasteiger partial charge is 0.288 e. The van der Waals surface area contributed by atoms with Gasteiger partial charge in [-0.2, -0.15) is 5.10 Å². The van der Waals surface area contributed by atoms with Crippen LogP contribution in [0.25, 0.3) is 17.8 Å². The van der Waals surface area contributed by atoms with Crippen molar-refractivity contribution in [2.75, 3.05) is 0 Å². The predicted molar refractivity (Wildman–Crippen MR) is 89.9 cm³/mol. The van der Waals surface area contributed by atoms with Crippen LogP contribution in [0.1, 0.15) is 28.2 Å². The molecule has 7 nitrogen and oxygen atoms in total. The normalized spacial score (nSPS) is 11.3. The highest BCUT2D eigenvalue weighted by molar-refractivity contribution is 5.75. The summed E-state index contributed by atoms with van der Waals surface area (Å²) in [7, 11) is 0. The molecule has 0 N–H and O–H groups in total. The van der Waals surface area contributed by atoms with Crippen molar-refractivity contribution >= 4 is 18.0 Å². The summed E-state index contributed by atoms with van der Waals surface area (Å²) < 4.78 is 6.61. The summed E-state index contributed by atoms with van der Waals surface area (Å²) in [4.78, 5) is 10.4. The van der Waals surface area contributed by atoms with E-state index in [0.717, 1.165) is 22.6 Å². The van der Waals surface area contributed by atoms with Gasteiger partial charge >= 0.3 is 5.88 Å². The third-order valence-electron chi connectivity index (χ3n) is 3.82. The molecule has 0 bridgehead atoms. The molecule has 2 aromatic heterocycles. The number of aryl methyl sites for hydroxylation is 2.